The number of phenolic OH excluding ortho intramolecular Hbond substituents is 1. The second-order valence-corrected chi connectivity index (χ2v) is 8.99. The van der Waals surface area contributed by atoms with Crippen molar-refractivity contribution in [2.75, 3.05) is 14.2 Å². The van der Waals surface area contributed by atoms with Crippen LogP contribution >= 0.6 is 0 Å². The molecule has 0 radical (unpaired) electrons. The van der Waals surface area contributed by atoms with Crippen LogP contribution in [-0.2, 0) is 13.1 Å². The van der Waals surface area contributed by atoms with E-state index in [4.69, 9.17) is 19.4 Å². The largest absolute Gasteiger partial charge is 0.508 e. The van der Waals surface area contributed by atoms with Gasteiger partial charge in [-0.3, -0.25) is 4.57 Å². The number of benzene rings is 3. The molecule has 1 N–H and O–H groups in total. The molecule has 0 amide bonds. The van der Waals surface area contributed by atoms with E-state index in [2.05, 4.69) is 9.97 Å². The van der Waals surface area contributed by atoms with Gasteiger partial charge >= 0.3 is 5.69 Å². The smallest absolute Gasteiger partial charge is 0.350 e. The Kier molecular flexibility index (Phi) is 6.12. The van der Waals surface area contributed by atoms with Gasteiger partial charge in [-0.25, -0.2) is 19.7 Å². The third-order valence-corrected chi connectivity index (χ3v) is 6.50. The first-order valence-electron chi connectivity index (χ1n) is 12.2. The van der Waals surface area contributed by atoms with E-state index in [0.29, 0.717) is 40.6 Å². The van der Waals surface area contributed by atoms with Crippen LogP contribution in [0.1, 0.15) is 11.1 Å². The average molecular weight is 521 g/mol. The molecule has 194 valence electrons. The van der Waals surface area contributed by atoms with Gasteiger partial charge in [0.25, 0.3) is 0 Å². The summed E-state index contributed by atoms with van der Waals surface area (Å²) in [5.41, 5.74) is 3.53. The van der Waals surface area contributed by atoms with Gasteiger partial charge in [0.1, 0.15) is 28.5 Å². The molecule has 39 heavy (non-hydrogen) atoms. The highest BCUT2D eigenvalue weighted by Gasteiger charge is 2.23. The van der Waals surface area contributed by atoms with E-state index in [0.717, 1.165) is 22.6 Å². The second-order valence-electron chi connectivity index (χ2n) is 8.99. The number of hydrogen-bond acceptors (Lipinski definition) is 8. The molecule has 0 fully saturated rings. The summed E-state index contributed by atoms with van der Waals surface area (Å²) in [4.78, 5) is 31.8. The monoisotopic (exact) mass is 520 g/mol. The number of rotatable bonds is 7. The number of methoxy groups -OCH3 is 2. The summed E-state index contributed by atoms with van der Waals surface area (Å²) in [6, 6.07) is 21.8. The fourth-order valence-corrected chi connectivity index (χ4v) is 4.42. The van der Waals surface area contributed by atoms with Crippen molar-refractivity contribution in [1.82, 2.24) is 29.1 Å². The summed E-state index contributed by atoms with van der Waals surface area (Å²) in [5, 5.41) is 9.83. The fraction of sp³-hybridized carbons (Fsp3) is 0.138. The Bertz CT molecular complexity index is 1790. The second kappa shape index (κ2) is 9.90. The highest BCUT2D eigenvalue weighted by atomic mass is 16.5. The van der Waals surface area contributed by atoms with Gasteiger partial charge in [-0.05, 0) is 59.7 Å². The van der Waals surface area contributed by atoms with Gasteiger partial charge in [0.15, 0.2) is 17.3 Å². The van der Waals surface area contributed by atoms with E-state index in [1.165, 1.54) is 4.57 Å². The van der Waals surface area contributed by atoms with E-state index in [-0.39, 0.29) is 12.3 Å². The molecule has 3 heterocycles. The number of nitrogens with zero attached hydrogens (tertiary/aromatic N) is 6. The predicted molar refractivity (Wildman–Crippen MR) is 145 cm³/mol. The molecule has 6 rings (SSSR count). The molecule has 4 aromatic rings. The van der Waals surface area contributed by atoms with Crippen LogP contribution in [0.15, 0.2) is 83.9 Å². The summed E-state index contributed by atoms with van der Waals surface area (Å²) in [7, 11) is 3.23. The molecule has 0 unspecified atom stereocenters. The van der Waals surface area contributed by atoms with Crippen molar-refractivity contribution >= 4 is 11.2 Å². The van der Waals surface area contributed by atoms with E-state index in [9.17, 15) is 9.90 Å². The van der Waals surface area contributed by atoms with Crippen molar-refractivity contribution in [2.45, 2.75) is 13.1 Å². The first-order valence-corrected chi connectivity index (χ1v) is 12.2. The first kappa shape index (κ1) is 24.1. The number of ether oxygens (including phenoxy) is 2. The lowest BCUT2D eigenvalue weighted by Gasteiger charge is -2.06. The van der Waals surface area contributed by atoms with Gasteiger partial charge in [0.2, 0.25) is 0 Å². The zero-order valence-corrected chi connectivity index (χ0v) is 21.3. The molecule has 0 spiro atoms. The number of hydrogen-bond donors (Lipinski definition) is 1. The molecule has 0 atom stereocenters. The van der Waals surface area contributed by atoms with Crippen LogP contribution in [-0.4, -0.2) is 48.4 Å². The normalized spacial score (nSPS) is 11.2. The third-order valence-electron chi connectivity index (χ3n) is 6.50. The summed E-state index contributed by atoms with van der Waals surface area (Å²) < 4.78 is 13.9. The van der Waals surface area contributed by atoms with Crippen molar-refractivity contribution in [3.63, 3.8) is 0 Å². The Hall–Kier alpha value is -5.25. The molecule has 2 aliphatic rings. The molecule has 1 aromatic heterocycles. The Morgan fingerprint density at radius 1 is 0.769 bits per heavy atom. The minimum Gasteiger partial charge on any atom is -0.508 e. The lowest BCUT2D eigenvalue weighted by atomic mass is 10.2. The molecular formula is C29H24N6O4. The van der Waals surface area contributed by atoms with Crippen LogP contribution in [0.4, 0.5) is 0 Å². The maximum Gasteiger partial charge on any atom is 0.350 e. The SMILES string of the molecule is COc1ccc(Cn2c3nc(-c4ccc(O)cc4)nc4c(ncn4Cc4ccc(OC)cc4)c-3nc2=O)cc1. The Balaban J connectivity index is 1.51. The van der Waals surface area contributed by atoms with Crippen molar-refractivity contribution < 1.29 is 14.6 Å². The Morgan fingerprint density at radius 2 is 1.38 bits per heavy atom. The topological polar surface area (TPSA) is 117 Å². The van der Waals surface area contributed by atoms with Crippen molar-refractivity contribution in [3.05, 3.63) is 101 Å². The third kappa shape index (κ3) is 4.63. The van der Waals surface area contributed by atoms with Crippen LogP contribution in [0.3, 0.4) is 0 Å². The molecule has 0 saturated carbocycles. The molecule has 0 aliphatic carbocycles. The lowest BCUT2D eigenvalue weighted by Crippen LogP contribution is -2.18. The highest BCUT2D eigenvalue weighted by Crippen LogP contribution is 2.28. The summed E-state index contributed by atoms with van der Waals surface area (Å²) >= 11 is 0. The Labute approximate surface area is 223 Å². The van der Waals surface area contributed by atoms with Gasteiger partial charge < -0.3 is 19.1 Å². The molecular weight excluding hydrogens is 496 g/mol. The van der Waals surface area contributed by atoms with Crippen molar-refractivity contribution in [1.29, 1.82) is 0 Å². The van der Waals surface area contributed by atoms with Crippen LogP contribution in [0.5, 0.6) is 17.2 Å². The van der Waals surface area contributed by atoms with E-state index >= 15 is 0 Å². The van der Waals surface area contributed by atoms with Gasteiger partial charge in [0, 0.05) is 5.56 Å². The van der Waals surface area contributed by atoms with E-state index < -0.39 is 5.69 Å². The molecule has 0 bridgehead atoms. The molecule has 10 nitrogen and oxygen atoms in total. The minimum absolute atomic E-state index is 0.130. The first-order chi connectivity index (χ1) is 19.0. The zero-order chi connectivity index (χ0) is 26.9. The maximum absolute atomic E-state index is 13.1. The van der Waals surface area contributed by atoms with Crippen LogP contribution in [0.2, 0.25) is 0 Å². The van der Waals surface area contributed by atoms with Gasteiger partial charge in [-0.1, -0.05) is 24.3 Å². The quantitative estimate of drug-likeness (QED) is 0.336. The predicted octanol–water partition coefficient (Wildman–Crippen LogP) is 3.97. The zero-order valence-electron chi connectivity index (χ0n) is 21.3. The number of aromatic nitrogens is 6. The minimum atomic E-state index is -0.429. The number of aromatic hydroxyl groups is 1. The average Bonchev–Trinajstić information content (AvgIpc) is 3.43. The van der Waals surface area contributed by atoms with Crippen molar-refractivity contribution in [3.8, 4) is 40.2 Å². The summed E-state index contributed by atoms with van der Waals surface area (Å²) in [6.45, 7) is 0.754. The molecule has 2 aliphatic heterocycles. The summed E-state index contributed by atoms with van der Waals surface area (Å²) in [6.07, 6.45) is 1.69. The molecule has 10 heteroatoms. The Morgan fingerprint density at radius 3 is 2.00 bits per heavy atom. The summed E-state index contributed by atoms with van der Waals surface area (Å²) in [5.74, 6) is 2.37. The van der Waals surface area contributed by atoms with Crippen LogP contribution < -0.4 is 15.2 Å². The number of phenols is 1. The molecule has 3 aromatic carbocycles. The van der Waals surface area contributed by atoms with Gasteiger partial charge in [-0.2, -0.15) is 4.98 Å². The van der Waals surface area contributed by atoms with Gasteiger partial charge in [-0.15, -0.1) is 0 Å². The van der Waals surface area contributed by atoms with E-state index in [1.807, 2.05) is 53.1 Å². The van der Waals surface area contributed by atoms with Crippen LogP contribution in [0.25, 0.3) is 34.1 Å². The number of fused-ring (bicyclic) bond motifs is 3. The van der Waals surface area contributed by atoms with E-state index in [1.54, 1.807) is 44.8 Å². The lowest BCUT2D eigenvalue weighted by molar-refractivity contribution is 0.414. The van der Waals surface area contributed by atoms with Gasteiger partial charge in [0.05, 0.1) is 33.6 Å². The fourth-order valence-electron chi connectivity index (χ4n) is 4.42. The number of imidazole rings is 2. The molecule has 0 saturated heterocycles. The maximum atomic E-state index is 13.1. The standard InChI is InChI=1S/C29H24N6O4/c1-38-22-11-3-18(4-12-22)15-34-17-30-24-25-28(33-26(32-27(24)34)20-7-9-21(36)10-8-20)35(29(37)31-25)16-19-5-13-23(39-2)14-6-19/h3-14,17,36H,15-16H2,1-2H3. The van der Waals surface area contributed by atoms with Crippen LogP contribution in [0, 0.1) is 0 Å². The van der Waals surface area contributed by atoms with Crippen molar-refractivity contribution in [2.24, 2.45) is 0 Å². The highest BCUT2D eigenvalue weighted by molar-refractivity contribution is 5.86.